The molecule has 0 radical (unpaired) electrons. The number of aliphatic hydroxyl groups is 1. The van der Waals surface area contributed by atoms with Crippen molar-refractivity contribution in [2.45, 2.75) is 13.5 Å². The molecule has 0 aliphatic heterocycles. The van der Waals surface area contributed by atoms with Crippen molar-refractivity contribution < 1.29 is 19.4 Å². The van der Waals surface area contributed by atoms with Gasteiger partial charge in [-0.15, -0.1) is 0 Å². The van der Waals surface area contributed by atoms with Crippen molar-refractivity contribution in [3.8, 4) is 11.5 Å². The molecule has 0 unspecified atom stereocenters. The molecule has 0 fully saturated rings. The maximum Gasteiger partial charge on any atom is 0.251 e. The molecular formula is C18H20ClNO4. The van der Waals surface area contributed by atoms with Crippen LogP contribution in [0.5, 0.6) is 11.5 Å². The summed E-state index contributed by atoms with van der Waals surface area (Å²) in [6.45, 7) is 2.65. The summed E-state index contributed by atoms with van der Waals surface area (Å²) in [6, 6.07) is 12.8. The van der Waals surface area contributed by atoms with Crippen molar-refractivity contribution in [3.63, 3.8) is 0 Å². The lowest BCUT2D eigenvalue weighted by Gasteiger charge is -2.15. The van der Waals surface area contributed by atoms with E-state index in [0.29, 0.717) is 35.3 Å². The van der Waals surface area contributed by atoms with Crippen molar-refractivity contribution in [1.82, 2.24) is 5.32 Å². The van der Waals surface area contributed by atoms with Crippen molar-refractivity contribution in [2.75, 3.05) is 19.8 Å². The van der Waals surface area contributed by atoms with E-state index in [9.17, 15) is 4.79 Å². The monoisotopic (exact) mass is 349 g/mol. The fourth-order valence-electron chi connectivity index (χ4n) is 2.10. The van der Waals surface area contributed by atoms with Gasteiger partial charge in [0, 0.05) is 12.1 Å². The van der Waals surface area contributed by atoms with Gasteiger partial charge in [0.25, 0.3) is 5.91 Å². The van der Waals surface area contributed by atoms with Crippen LogP contribution in [0.2, 0.25) is 5.02 Å². The summed E-state index contributed by atoms with van der Waals surface area (Å²) in [6.07, 6.45) is 0. The molecule has 2 aromatic carbocycles. The largest absolute Gasteiger partial charge is 0.490 e. The Labute approximate surface area is 146 Å². The number of rotatable bonds is 8. The number of benzene rings is 2. The quantitative estimate of drug-likeness (QED) is 0.768. The molecule has 5 nitrogen and oxygen atoms in total. The molecule has 0 spiro atoms. The first-order chi connectivity index (χ1) is 11.7. The summed E-state index contributed by atoms with van der Waals surface area (Å²) >= 11 is 6.28. The number of nitrogens with one attached hydrogen (secondary N) is 1. The van der Waals surface area contributed by atoms with Gasteiger partial charge in [-0.1, -0.05) is 41.9 Å². The molecule has 128 valence electrons. The van der Waals surface area contributed by atoms with Crippen LogP contribution >= 0.6 is 11.6 Å². The van der Waals surface area contributed by atoms with Gasteiger partial charge in [0.2, 0.25) is 0 Å². The highest BCUT2D eigenvalue weighted by Gasteiger charge is 2.16. The van der Waals surface area contributed by atoms with Crippen LogP contribution < -0.4 is 14.8 Å². The van der Waals surface area contributed by atoms with Gasteiger partial charge < -0.3 is 19.9 Å². The topological polar surface area (TPSA) is 67.8 Å². The molecule has 0 saturated heterocycles. The standard InChI is InChI=1S/C18H20ClNO4/c1-2-23-16-11-14(18(22)20-8-9-21)10-15(19)17(16)24-12-13-6-4-3-5-7-13/h3-7,10-11,21H,2,8-9,12H2,1H3,(H,20,22). The average molecular weight is 350 g/mol. The molecule has 0 atom stereocenters. The second-order valence-corrected chi connectivity index (χ2v) is 5.38. The van der Waals surface area contributed by atoms with Gasteiger partial charge in [-0.2, -0.15) is 0 Å². The van der Waals surface area contributed by atoms with Crippen LogP contribution in [0.15, 0.2) is 42.5 Å². The highest BCUT2D eigenvalue weighted by atomic mass is 35.5. The van der Waals surface area contributed by atoms with Gasteiger partial charge in [0.1, 0.15) is 6.61 Å². The summed E-state index contributed by atoms with van der Waals surface area (Å²) in [5.41, 5.74) is 1.35. The van der Waals surface area contributed by atoms with E-state index in [-0.39, 0.29) is 19.1 Å². The summed E-state index contributed by atoms with van der Waals surface area (Å²) < 4.78 is 11.4. The highest BCUT2D eigenvalue weighted by molar-refractivity contribution is 6.32. The molecule has 0 bridgehead atoms. The zero-order chi connectivity index (χ0) is 17.4. The number of hydrogen-bond acceptors (Lipinski definition) is 4. The number of hydrogen-bond donors (Lipinski definition) is 2. The molecule has 24 heavy (non-hydrogen) atoms. The minimum Gasteiger partial charge on any atom is -0.490 e. The van der Waals surface area contributed by atoms with Gasteiger partial charge in [-0.25, -0.2) is 0 Å². The van der Waals surface area contributed by atoms with E-state index in [2.05, 4.69) is 5.32 Å². The van der Waals surface area contributed by atoms with Crippen molar-refractivity contribution >= 4 is 17.5 Å². The third kappa shape index (κ3) is 4.88. The van der Waals surface area contributed by atoms with Crippen LogP contribution in [0.4, 0.5) is 0 Å². The first-order valence-corrected chi connectivity index (χ1v) is 8.05. The van der Waals surface area contributed by atoms with E-state index in [1.165, 1.54) is 6.07 Å². The molecule has 6 heteroatoms. The van der Waals surface area contributed by atoms with Crippen molar-refractivity contribution in [3.05, 3.63) is 58.6 Å². The van der Waals surface area contributed by atoms with Crippen LogP contribution in [0, 0.1) is 0 Å². The number of amides is 1. The third-order valence-electron chi connectivity index (χ3n) is 3.19. The third-order valence-corrected chi connectivity index (χ3v) is 3.48. The molecule has 0 aliphatic carbocycles. The predicted octanol–water partition coefficient (Wildman–Crippen LogP) is 3.04. The number of aliphatic hydroxyl groups excluding tert-OH is 1. The second kappa shape index (κ2) is 9.15. The molecule has 0 aromatic heterocycles. The Morgan fingerprint density at radius 2 is 1.96 bits per heavy atom. The summed E-state index contributed by atoms with van der Waals surface area (Å²) in [4.78, 5) is 12.0. The lowest BCUT2D eigenvalue weighted by Crippen LogP contribution is -2.26. The lowest BCUT2D eigenvalue weighted by atomic mass is 10.2. The molecule has 0 aliphatic rings. The summed E-state index contributed by atoms with van der Waals surface area (Å²) in [7, 11) is 0. The summed E-state index contributed by atoms with van der Waals surface area (Å²) in [5, 5.41) is 11.7. The molecule has 2 N–H and O–H groups in total. The SMILES string of the molecule is CCOc1cc(C(=O)NCCO)cc(Cl)c1OCc1ccccc1. The molecule has 1 amide bonds. The number of ether oxygens (including phenoxy) is 2. The van der Waals surface area contributed by atoms with E-state index < -0.39 is 0 Å². The zero-order valence-electron chi connectivity index (χ0n) is 13.4. The van der Waals surface area contributed by atoms with Gasteiger partial charge in [-0.05, 0) is 24.6 Å². The normalized spacial score (nSPS) is 10.3. The Balaban J connectivity index is 2.21. The highest BCUT2D eigenvalue weighted by Crippen LogP contribution is 2.37. The van der Waals surface area contributed by atoms with E-state index in [1.807, 2.05) is 37.3 Å². The van der Waals surface area contributed by atoms with E-state index in [1.54, 1.807) is 6.07 Å². The van der Waals surface area contributed by atoms with Crippen LogP contribution in [0.3, 0.4) is 0 Å². The first kappa shape index (κ1) is 18.1. The number of carbonyl (C=O) groups excluding carboxylic acids is 1. The Morgan fingerprint density at radius 3 is 2.62 bits per heavy atom. The maximum atomic E-state index is 12.0. The first-order valence-electron chi connectivity index (χ1n) is 7.67. The Hall–Kier alpha value is -2.24. The fraction of sp³-hybridized carbons (Fsp3) is 0.278. The number of carbonyl (C=O) groups is 1. The van der Waals surface area contributed by atoms with E-state index in [0.717, 1.165) is 5.56 Å². The fourth-order valence-corrected chi connectivity index (χ4v) is 2.37. The van der Waals surface area contributed by atoms with Crippen LogP contribution in [0.1, 0.15) is 22.8 Å². The van der Waals surface area contributed by atoms with Crippen molar-refractivity contribution in [2.24, 2.45) is 0 Å². The Bertz CT molecular complexity index is 676. The zero-order valence-corrected chi connectivity index (χ0v) is 14.2. The molecular weight excluding hydrogens is 330 g/mol. The van der Waals surface area contributed by atoms with Gasteiger partial charge in [-0.3, -0.25) is 4.79 Å². The minimum atomic E-state index is -0.332. The van der Waals surface area contributed by atoms with Crippen LogP contribution in [-0.2, 0) is 6.61 Å². The minimum absolute atomic E-state index is 0.129. The van der Waals surface area contributed by atoms with Gasteiger partial charge in [0.15, 0.2) is 11.5 Å². The van der Waals surface area contributed by atoms with Gasteiger partial charge >= 0.3 is 0 Å². The Kier molecular flexibility index (Phi) is 6.90. The van der Waals surface area contributed by atoms with Gasteiger partial charge in [0.05, 0.1) is 18.2 Å². The average Bonchev–Trinajstić information content (AvgIpc) is 2.60. The van der Waals surface area contributed by atoms with Crippen molar-refractivity contribution in [1.29, 1.82) is 0 Å². The maximum absolute atomic E-state index is 12.0. The predicted molar refractivity (Wildman–Crippen MR) is 92.8 cm³/mol. The second-order valence-electron chi connectivity index (χ2n) is 4.97. The summed E-state index contributed by atoms with van der Waals surface area (Å²) in [5.74, 6) is 0.484. The molecule has 2 rings (SSSR count). The van der Waals surface area contributed by atoms with E-state index >= 15 is 0 Å². The molecule has 2 aromatic rings. The van der Waals surface area contributed by atoms with E-state index in [4.69, 9.17) is 26.2 Å². The van der Waals surface area contributed by atoms with Crippen LogP contribution in [0.25, 0.3) is 0 Å². The molecule has 0 heterocycles. The lowest BCUT2D eigenvalue weighted by molar-refractivity contribution is 0.0944. The van der Waals surface area contributed by atoms with Crippen LogP contribution in [-0.4, -0.2) is 30.8 Å². The smallest absolute Gasteiger partial charge is 0.251 e. The Morgan fingerprint density at radius 1 is 1.21 bits per heavy atom. The number of halogens is 1. The molecule has 0 saturated carbocycles.